The highest BCUT2D eigenvalue weighted by molar-refractivity contribution is 9.10. The number of benzene rings is 4. The van der Waals surface area contributed by atoms with Gasteiger partial charge in [-0.3, -0.25) is 4.79 Å². The molecule has 1 aliphatic rings. The Labute approximate surface area is 183 Å². The van der Waals surface area contributed by atoms with Crippen molar-refractivity contribution in [3.63, 3.8) is 0 Å². The van der Waals surface area contributed by atoms with E-state index in [4.69, 9.17) is 0 Å². The van der Waals surface area contributed by atoms with Crippen LogP contribution in [0.25, 0.3) is 10.8 Å². The summed E-state index contributed by atoms with van der Waals surface area (Å²) in [5.41, 5.74) is 4.12. The number of hydrogen-bond acceptors (Lipinski definition) is 1. The number of carbonyl (C=O) groups is 1. The second kappa shape index (κ2) is 7.69. The van der Waals surface area contributed by atoms with Crippen LogP contribution >= 0.6 is 15.9 Å². The molecular weight excluding hydrogens is 441 g/mol. The molecule has 1 atom stereocenters. The van der Waals surface area contributed by atoms with Crippen LogP contribution < -0.4 is 4.90 Å². The van der Waals surface area contributed by atoms with E-state index in [0.717, 1.165) is 32.1 Å². The van der Waals surface area contributed by atoms with Crippen molar-refractivity contribution in [1.29, 1.82) is 0 Å². The minimum Gasteiger partial charge on any atom is -0.308 e. The zero-order chi connectivity index (χ0) is 20.7. The molecule has 0 N–H and O–H groups in total. The van der Waals surface area contributed by atoms with Crippen LogP contribution in [0.4, 0.5) is 10.1 Å². The third-order valence-corrected chi connectivity index (χ3v) is 6.52. The molecule has 0 radical (unpaired) electrons. The number of anilines is 1. The highest BCUT2D eigenvalue weighted by Crippen LogP contribution is 2.46. The van der Waals surface area contributed by atoms with Crippen LogP contribution in [0.5, 0.6) is 0 Å². The first kappa shape index (κ1) is 19.0. The second-order valence-electron chi connectivity index (χ2n) is 7.60. The van der Waals surface area contributed by atoms with Crippen LogP contribution in [0.15, 0.2) is 89.4 Å². The third-order valence-electron chi connectivity index (χ3n) is 5.80. The lowest BCUT2D eigenvalue weighted by atomic mass is 9.81. The molecule has 148 valence electrons. The van der Waals surface area contributed by atoms with E-state index in [1.165, 1.54) is 17.7 Å². The summed E-state index contributed by atoms with van der Waals surface area (Å²) in [6.45, 7) is 0.424. The van der Waals surface area contributed by atoms with Gasteiger partial charge in [0.15, 0.2) is 0 Å². The van der Waals surface area contributed by atoms with Crippen LogP contribution in [0.3, 0.4) is 0 Å². The molecule has 1 unspecified atom stereocenters. The number of halogens is 2. The fraction of sp³-hybridized carbons (Fsp3) is 0.115. The Bertz CT molecular complexity index is 1250. The normalized spacial score (nSPS) is 16.0. The molecule has 5 rings (SSSR count). The molecule has 0 saturated carbocycles. The van der Waals surface area contributed by atoms with Crippen molar-refractivity contribution >= 4 is 38.3 Å². The van der Waals surface area contributed by atoms with E-state index >= 15 is 0 Å². The summed E-state index contributed by atoms with van der Waals surface area (Å²) >= 11 is 3.68. The van der Waals surface area contributed by atoms with Gasteiger partial charge in [-0.25, -0.2) is 4.39 Å². The zero-order valence-corrected chi connectivity index (χ0v) is 17.8. The molecule has 1 aliphatic heterocycles. The summed E-state index contributed by atoms with van der Waals surface area (Å²) < 4.78 is 14.4. The lowest BCUT2D eigenvalue weighted by molar-refractivity contribution is -0.119. The Morgan fingerprint density at radius 2 is 1.63 bits per heavy atom. The number of fused-ring (bicyclic) bond motifs is 3. The molecule has 4 aromatic rings. The molecule has 4 aromatic carbocycles. The fourth-order valence-electron chi connectivity index (χ4n) is 4.38. The van der Waals surface area contributed by atoms with Crippen LogP contribution in [-0.4, -0.2) is 5.91 Å². The molecule has 4 heteroatoms. The summed E-state index contributed by atoms with van der Waals surface area (Å²) in [6.07, 6.45) is 0.394. The van der Waals surface area contributed by atoms with Gasteiger partial charge in [0.05, 0.1) is 6.54 Å². The van der Waals surface area contributed by atoms with Gasteiger partial charge in [0.25, 0.3) is 0 Å². The van der Waals surface area contributed by atoms with Gasteiger partial charge in [0.1, 0.15) is 5.82 Å². The highest BCUT2D eigenvalue weighted by atomic mass is 79.9. The van der Waals surface area contributed by atoms with Crippen molar-refractivity contribution in [2.75, 3.05) is 4.90 Å². The average Bonchev–Trinajstić information content (AvgIpc) is 2.77. The minimum atomic E-state index is -0.274. The van der Waals surface area contributed by atoms with Crippen molar-refractivity contribution in [3.8, 4) is 0 Å². The number of carbonyl (C=O) groups excluding carboxylic acids is 1. The van der Waals surface area contributed by atoms with Crippen molar-refractivity contribution in [1.82, 2.24) is 0 Å². The standard InChI is InChI=1S/C26H19BrFNO/c27-23-8-4-3-7-21(23)22-15-25(30)29(16-17-9-12-19(28)13-10-17)24-14-11-18-5-1-2-6-20(18)26(22)24/h1-14,22H,15-16H2. The monoisotopic (exact) mass is 459 g/mol. The van der Waals surface area contributed by atoms with Crippen molar-refractivity contribution in [2.24, 2.45) is 0 Å². The molecule has 0 aromatic heterocycles. The Balaban J connectivity index is 1.69. The molecule has 0 spiro atoms. The summed E-state index contributed by atoms with van der Waals surface area (Å²) in [7, 11) is 0. The SMILES string of the molecule is O=C1CC(c2ccccc2Br)c2c(ccc3ccccc23)N1Cc1ccc(F)cc1. The predicted octanol–water partition coefficient (Wildman–Crippen LogP) is 6.81. The molecule has 30 heavy (non-hydrogen) atoms. The highest BCUT2D eigenvalue weighted by Gasteiger charge is 2.34. The maximum atomic E-state index is 13.3. The van der Waals surface area contributed by atoms with Gasteiger partial charge in [0.2, 0.25) is 5.91 Å². The Kier molecular flexibility index (Phi) is 4.87. The van der Waals surface area contributed by atoms with E-state index in [1.807, 2.05) is 41.3 Å². The van der Waals surface area contributed by atoms with E-state index in [9.17, 15) is 9.18 Å². The molecule has 0 fully saturated rings. The van der Waals surface area contributed by atoms with Gasteiger partial charge >= 0.3 is 0 Å². The molecular formula is C26H19BrFNO. The van der Waals surface area contributed by atoms with E-state index in [1.54, 1.807) is 12.1 Å². The summed E-state index contributed by atoms with van der Waals surface area (Å²) in [6, 6.07) is 26.9. The van der Waals surface area contributed by atoms with Gasteiger partial charge in [-0.2, -0.15) is 0 Å². The fourth-order valence-corrected chi connectivity index (χ4v) is 4.94. The first-order chi connectivity index (χ1) is 14.6. The maximum absolute atomic E-state index is 13.3. The number of amides is 1. The van der Waals surface area contributed by atoms with E-state index < -0.39 is 0 Å². The van der Waals surface area contributed by atoms with Gasteiger partial charge in [-0.1, -0.05) is 76.6 Å². The summed E-state index contributed by atoms with van der Waals surface area (Å²) in [5.74, 6) is -0.231. The largest absolute Gasteiger partial charge is 0.308 e. The lowest BCUT2D eigenvalue weighted by Crippen LogP contribution is -2.36. The van der Waals surface area contributed by atoms with Gasteiger partial charge in [-0.15, -0.1) is 0 Å². The van der Waals surface area contributed by atoms with E-state index in [2.05, 4.69) is 40.2 Å². The lowest BCUT2D eigenvalue weighted by Gasteiger charge is -2.35. The minimum absolute atomic E-state index is 0.0290. The topological polar surface area (TPSA) is 20.3 Å². The summed E-state index contributed by atoms with van der Waals surface area (Å²) in [5, 5.41) is 2.32. The van der Waals surface area contributed by atoms with Crippen LogP contribution in [0.2, 0.25) is 0 Å². The van der Waals surface area contributed by atoms with Gasteiger partial charge in [-0.05, 0) is 51.7 Å². The quantitative estimate of drug-likeness (QED) is 0.329. The molecule has 2 nitrogen and oxygen atoms in total. The molecule has 1 heterocycles. The Hall–Kier alpha value is -2.98. The number of rotatable bonds is 3. The van der Waals surface area contributed by atoms with E-state index in [-0.39, 0.29) is 17.6 Å². The third kappa shape index (κ3) is 3.31. The molecule has 0 aliphatic carbocycles. The smallest absolute Gasteiger partial charge is 0.228 e. The second-order valence-corrected chi connectivity index (χ2v) is 8.46. The van der Waals surface area contributed by atoms with Crippen LogP contribution in [-0.2, 0) is 11.3 Å². The zero-order valence-electron chi connectivity index (χ0n) is 16.2. The van der Waals surface area contributed by atoms with Crippen LogP contribution in [0.1, 0.15) is 29.0 Å². The van der Waals surface area contributed by atoms with Gasteiger partial charge in [0, 0.05) is 22.5 Å². The average molecular weight is 460 g/mol. The molecule has 1 amide bonds. The summed E-state index contributed by atoms with van der Waals surface area (Å²) in [4.78, 5) is 15.1. The van der Waals surface area contributed by atoms with Crippen molar-refractivity contribution in [2.45, 2.75) is 18.9 Å². The Morgan fingerprint density at radius 1 is 0.900 bits per heavy atom. The number of nitrogens with zero attached hydrogens (tertiary/aromatic N) is 1. The van der Waals surface area contributed by atoms with Gasteiger partial charge < -0.3 is 4.90 Å². The first-order valence-electron chi connectivity index (χ1n) is 9.92. The first-order valence-corrected chi connectivity index (χ1v) is 10.7. The molecule has 0 saturated heterocycles. The Morgan fingerprint density at radius 3 is 2.43 bits per heavy atom. The van der Waals surface area contributed by atoms with E-state index in [0.29, 0.717) is 13.0 Å². The molecule has 0 bridgehead atoms. The number of hydrogen-bond donors (Lipinski definition) is 0. The van der Waals surface area contributed by atoms with Crippen molar-refractivity contribution in [3.05, 3.63) is 112 Å². The van der Waals surface area contributed by atoms with Crippen LogP contribution in [0, 0.1) is 5.82 Å². The predicted molar refractivity (Wildman–Crippen MR) is 122 cm³/mol. The van der Waals surface area contributed by atoms with Crippen molar-refractivity contribution < 1.29 is 9.18 Å². The maximum Gasteiger partial charge on any atom is 0.228 e.